The van der Waals surface area contributed by atoms with Crippen LogP contribution in [0.5, 0.6) is 0 Å². The molecule has 1 fully saturated rings. The second-order valence-electron chi connectivity index (χ2n) is 8.14. The van der Waals surface area contributed by atoms with Crippen molar-refractivity contribution in [3.63, 3.8) is 0 Å². The number of rotatable bonds is 6. The maximum absolute atomic E-state index is 12.9. The molecule has 0 aromatic heterocycles. The molecular formula is C25H24Cl2N4O3. The molecule has 1 aliphatic rings. The normalized spacial score (nSPS) is 14.6. The summed E-state index contributed by atoms with van der Waals surface area (Å²) in [5.41, 5.74) is 2.90. The van der Waals surface area contributed by atoms with Crippen molar-refractivity contribution in [2.75, 3.05) is 36.4 Å². The number of carbonyl (C=O) groups is 1. The molecule has 0 bridgehead atoms. The molecule has 0 aliphatic carbocycles. The second-order valence-corrected chi connectivity index (χ2v) is 8.96. The van der Waals surface area contributed by atoms with Crippen LogP contribution < -0.4 is 10.2 Å². The summed E-state index contributed by atoms with van der Waals surface area (Å²) in [6, 6.07) is 19.7. The molecule has 1 heterocycles. The van der Waals surface area contributed by atoms with Crippen LogP contribution in [0.15, 0.2) is 66.7 Å². The van der Waals surface area contributed by atoms with Gasteiger partial charge in [0, 0.05) is 49.5 Å². The van der Waals surface area contributed by atoms with Gasteiger partial charge in [-0.1, -0.05) is 53.5 Å². The maximum Gasteiger partial charge on any atom is 0.292 e. The van der Waals surface area contributed by atoms with Gasteiger partial charge < -0.3 is 15.1 Å². The molecule has 0 spiro atoms. The van der Waals surface area contributed by atoms with E-state index in [0.29, 0.717) is 47.5 Å². The summed E-state index contributed by atoms with van der Waals surface area (Å²) in [7, 11) is 0. The summed E-state index contributed by atoms with van der Waals surface area (Å²) in [5.74, 6) is -0.0963. The van der Waals surface area contributed by atoms with E-state index in [1.807, 2.05) is 43.3 Å². The summed E-state index contributed by atoms with van der Waals surface area (Å²) in [6.45, 7) is 4.24. The van der Waals surface area contributed by atoms with Gasteiger partial charge in [-0.25, -0.2) is 0 Å². The molecule has 3 aromatic rings. The lowest BCUT2D eigenvalue weighted by atomic mass is 10.1. The predicted molar refractivity (Wildman–Crippen MR) is 136 cm³/mol. The quantitative estimate of drug-likeness (QED) is 0.331. The number of amides is 1. The van der Waals surface area contributed by atoms with Gasteiger partial charge in [-0.15, -0.1) is 0 Å². The lowest BCUT2D eigenvalue weighted by molar-refractivity contribution is -0.384. The van der Waals surface area contributed by atoms with E-state index in [9.17, 15) is 14.9 Å². The topological polar surface area (TPSA) is 78.7 Å². The Morgan fingerprint density at radius 1 is 0.971 bits per heavy atom. The van der Waals surface area contributed by atoms with Gasteiger partial charge in [0.25, 0.3) is 11.6 Å². The van der Waals surface area contributed by atoms with Crippen molar-refractivity contribution in [2.24, 2.45) is 0 Å². The minimum atomic E-state index is -0.377. The number of nitro groups is 1. The summed E-state index contributed by atoms with van der Waals surface area (Å²) < 4.78 is 0. The lowest BCUT2D eigenvalue weighted by Crippen LogP contribution is -2.48. The van der Waals surface area contributed by atoms with E-state index in [1.54, 1.807) is 29.2 Å². The van der Waals surface area contributed by atoms with Crippen molar-refractivity contribution in [3.05, 3.63) is 98.0 Å². The van der Waals surface area contributed by atoms with Crippen LogP contribution in [0.25, 0.3) is 0 Å². The van der Waals surface area contributed by atoms with E-state index in [-0.39, 0.29) is 22.6 Å². The van der Waals surface area contributed by atoms with Gasteiger partial charge in [-0.3, -0.25) is 14.9 Å². The first-order valence-electron chi connectivity index (χ1n) is 10.9. The molecule has 1 saturated heterocycles. The SMILES string of the molecule is C[C@@H](Nc1cc(N2CCN(C(=O)c3ccc(Cl)c(Cl)c3)CC2)ccc1[N+](=O)[O-])c1ccccc1. The van der Waals surface area contributed by atoms with E-state index in [1.165, 1.54) is 6.07 Å². The average Bonchev–Trinajstić information content (AvgIpc) is 2.85. The Morgan fingerprint density at radius 3 is 2.32 bits per heavy atom. The zero-order valence-corrected chi connectivity index (χ0v) is 20.1. The highest BCUT2D eigenvalue weighted by Crippen LogP contribution is 2.33. The Morgan fingerprint density at radius 2 is 1.68 bits per heavy atom. The van der Waals surface area contributed by atoms with E-state index in [0.717, 1.165) is 11.3 Å². The van der Waals surface area contributed by atoms with Gasteiger partial charge in [0.2, 0.25) is 0 Å². The van der Waals surface area contributed by atoms with Crippen molar-refractivity contribution in [2.45, 2.75) is 13.0 Å². The first-order valence-corrected chi connectivity index (χ1v) is 11.7. The third kappa shape index (κ3) is 5.26. The van der Waals surface area contributed by atoms with Crippen molar-refractivity contribution < 1.29 is 9.72 Å². The third-order valence-corrected chi connectivity index (χ3v) is 6.69. The Kier molecular flexibility index (Phi) is 7.24. The number of anilines is 2. The molecule has 7 nitrogen and oxygen atoms in total. The van der Waals surface area contributed by atoms with Crippen molar-refractivity contribution in [1.82, 2.24) is 4.90 Å². The Balaban J connectivity index is 1.47. The summed E-state index contributed by atoms with van der Waals surface area (Å²) in [4.78, 5) is 28.0. The van der Waals surface area contributed by atoms with Gasteiger partial charge in [0.1, 0.15) is 5.69 Å². The number of carbonyl (C=O) groups excluding carboxylic acids is 1. The molecule has 1 N–H and O–H groups in total. The Bertz CT molecular complexity index is 1200. The third-order valence-electron chi connectivity index (χ3n) is 5.95. The second kappa shape index (κ2) is 10.3. The monoisotopic (exact) mass is 498 g/mol. The van der Waals surface area contributed by atoms with Crippen LogP contribution in [0.3, 0.4) is 0 Å². The molecule has 1 aliphatic heterocycles. The Hall–Kier alpha value is -3.29. The highest BCUT2D eigenvalue weighted by molar-refractivity contribution is 6.42. The molecule has 1 atom stereocenters. The smallest absolute Gasteiger partial charge is 0.292 e. The van der Waals surface area contributed by atoms with Gasteiger partial charge >= 0.3 is 0 Å². The zero-order valence-electron chi connectivity index (χ0n) is 18.6. The number of piperazine rings is 1. The molecule has 0 saturated carbocycles. The van der Waals surface area contributed by atoms with E-state index in [4.69, 9.17) is 23.2 Å². The molecule has 0 radical (unpaired) electrons. The first-order chi connectivity index (χ1) is 16.3. The maximum atomic E-state index is 12.9. The fourth-order valence-electron chi connectivity index (χ4n) is 4.03. The fraction of sp³-hybridized carbons (Fsp3) is 0.240. The van der Waals surface area contributed by atoms with Crippen LogP contribution in [0.1, 0.15) is 28.9 Å². The number of nitrogens with one attached hydrogen (secondary N) is 1. The van der Waals surface area contributed by atoms with E-state index < -0.39 is 0 Å². The number of nitrogens with zero attached hydrogens (tertiary/aromatic N) is 3. The highest BCUT2D eigenvalue weighted by Gasteiger charge is 2.24. The standard InChI is InChI=1S/C25H24Cl2N4O3/c1-17(18-5-3-2-4-6-18)28-23-16-20(8-10-24(23)31(33)34)29-11-13-30(14-12-29)25(32)19-7-9-21(26)22(27)15-19/h2-10,15-17,28H,11-14H2,1H3/t17-/m1/s1. The zero-order chi connectivity index (χ0) is 24.2. The van der Waals surface area contributed by atoms with Crippen LogP contribution in [-0.4, -0.2) is 41.9 Å². The number of halogens is 2. The molecule has 176 valence electrons. The van der Waals surface area contributed by atoms with Gasteiger partial charge in [-0.2, -0.15) is 0 Å². The average molecular weight is 499 g/mol. The molecule has 3 aromatic carbocycles. The van der Waals surface area contributed by atoms with Gasteiger partial charge in [0.05, 0.1) is 15.0 Å². The van der Waals surface area contributed by atoms with Gasteiger partial charge in [0.15, 0.2) is 0 Å². The van der Waals surface area contributed by atoms with Crippen LogP contribution in [0.4, 0.5) is 17.1 Å². The fourth-order valence-corrected chi connectivity index (χ4v) is 4.33. The van der Waals surface area contributed by atoms with Crippen LogP contribution in [-0.2, 0) is 0 Å². The Labute approximate surface area is 208 Å². The molecule has 34 heavy (non-hydrogen) atoms. The molecule has 1 amide bonds. The summed E-state index contributed by atoms with van der Waals surface area (Å²) >= 11 is 12.0. The molecule has 9 heteroatoms. The number of benzene rings is 3. The summed E-state index contributed by atoms with van der Waals surface area (Å²) in [5, 5.41) is 15.7. The van der Waals surface area contributed by atoms with Crippen molar-refractivity contribution >= 4 is 46.2 Å². The largest absolute Gasteiger partial charge is 0.373 e. The number of nitro benzene ring substituents is 1. The van der Waals surface area contributed by atoms with Crippen LogP contribution in [0.2, 0.25) is 10.0 Å². The first kappa shape index (κ1) is 23.9. The minimum Gasteiger partial charge on any atom is -0.373 e. The van der Waals surface area contributed by atoms with Gasteiger partial charge in [-0.05, 0) is 42.8 Å². The molecular weight excluding hydrogens is 475 g/mol. The van der Waals surface area contributed by atoms with Crippen LogP contribution >= 0.6 is 23.2 Å². The number of hydrogen-bond donors (Lipinski definition) is 1. The van der Waals surface area contributed by atoms with Crippen molar-refractivity contribution in [3.8, 4) is 0 Å². The highest BCUT2D eigenvalue weighted by atomic mass is 35.5. The minimum absolute atomic E-state index is 0.0277. The van der Waals surface area contributed by atoms with E-state index in [2.05, 4.69) is 10.2 Å². The lowest BCUT2D eigenvalue weighted by Gasteiger charge is -2.36. The van der Waals surface area contributed by atoms with Crippen molar-refractivity contribution in [1.29, 1.82) is 0 Å². The van der Waals surface area contributed by atoms with Crippen LogP contribution in [0, 0.1) is 10.1 Å². The summed E-state index contributed by atoms with van der Waals surface area (Å²) in [6.07, 6.45) is 0. The van der Waals surface area contributed by atoms with E-state index >= 15 is 0 Å². The molecule has 4 rings (SSSR count). The number of hydrogen-bond acceptors (Lipinski definition) is 5. The predicted octanol–water partition coefficient (Wildman–Crippen LogP) is 6.04. The molecule has 0 unspecified atom stereocenters.